The second kappa shape index (κ2) is 15.2. The molecular weight excluding hydrogens is 580 g/mol. The van der Waals surface area contributed by atoms with Gasteiger partial charge in [0.25, 0.3) is 5.91 Å². The van der Waals surface area contributed by atoms with Crippen molar-refractivity contribution in [1.82, 2.24) is 5.32 Å². The second-order valence-electron chi connectivity index (χ2n) is 10.2. The SMILES string of the molecule is [C-]#[N+]c1ccc(N(Cc2ccc(C(=O)NC(CCSC)C(=O)OC)c(-c3ccccc3C)c2)Cc2cc(F)ccc2F)cc1. The summed E-state index contributed by atoms with van der Waals surface area (Å²) in [7, 11) is 1.30. The fourth-order valence-electron chi connectivity index (χ4n) is 4.92. The third-order valence-corrected chi connectivity index (χ3v) is 7.90. The lowest BCUT2D eigenvalue weighted by Gasteiger charge is -2.26. The van der Waals surface area contributed by atoms with Crippen LogP contribution >= 0.6 is 11.8 Å². The number of rotatable bonds is 12. The van der Waals surface area contributed by atoms with Gasteiger partial charge >= 0.3 is 5.97 Å². The maximum absolute atomic E-state index is 14.7. The number of methoxy groups -OCH3 is 1. The zero-order valence-electron chi connectivity index (χ0n) is 24.8. The van der Waals surface area contributed by atoms with E-state index < -0.39 is 29.6 Å². The predicted molar refractivity (Wildman–Crippen MR) is 172 cm³/mol. The van der Waals surface area contributed by atoms with Crippen molar-refractivity contribution in [2.45, 2.75) is 32.5 Å². The summed E-state index contributed by atoms with van der Waals surface area (Å²) in [6.45, 7) is 9.60. The van der Waals surface area contributed by atoms with Crippen molar-refractivity contribution >= 4 is 35.0 Å². The van der Waals surface area contributed by atoms with Crippen LogP contribution < -0.4 is 10.2 Å². The maximum Gasteiger partial charge on any atom is 0.328 e. The van der Waals surface area contributed by atoms with Crippen LogP contribution in [0.5, 0.6) is 0 Å². The van der Waals surface area contributed by atoms with Crippen LogP contribution in [0.3, 0.4) is 0 Å². The van der Waals surface area contributed by atoms with Crippen molar-refractivity contribution in [3.8, 4) is 11.1 Å². The molecule has 6 nitrogen and oxygen atoms in total. The molecule has 1 amide bonds. The number of carbonyl (C=O) groups excluding carboxylic acids is 2. The molecule has 1 unspecified atom stereocenters. The Morgan fingerprint density at radius 2 is 1.73 bits per heavy atom. The highest BCUT2D eigenvalue weighted by Gasteiger charge is 2.24. The van der Waals surface area contributed by atoms with Gasteiger partial charge in [0.05, 0.1) is 13.7 Å². The first-order valence-corrected chi connectivity index (χ1v) is 15.4. The molecule has 1 N–H and O–H groups in total. The Morgan fingerprint density at radius 3 is 2.41 bits per heavy atom. The average molecular weight is 614 g/mol. The van der Waals surface area contributed by atoms with E-state index in [1.54, 1.807) is 42.1 Å². The summed E-state index contributed by atoms with van der Waals surface area (Å²) in [6.07, 6.45) is 2.35. The van der Waals surface area contributed by atoms with E-state index in [1.807, 2.05) is 54.5 Å². The van der Waals surface area contributed by atoms with Crippen molar-refractivity contribution in [3.63, 3.8) is 0 Å². The molecule has 0 fully saturated rings. The van der Waals surface area contributed by atoms with Crippen LogP contribution in [0, 0.1) is 25.1 Å². The zero-order chi connectivity index (χ0) is 31.6. The molecule has 0 radical (unpaired) electrons. The number of anilines is 1. The Hall–Kier alpha value is -4.68. The molecule has 9 heteroatoms. The van der Waals surface area contributed by atoms with Gasteiger partial charge in [-0.1, -0.05) is 42.5 Å². The number of hydrogen-bond acceptors (Lipinski definition) is 5. The molecule has 0 saturated carbocycles. The lowest BCUT2D eigenvalue weighted by Crippen LogP contribution is -2.42. The van der Waals surface area contributed by atoms with Crippen molar-refractivity contribution in [1.29, 1.82) is 0 Å². The van der Waals surface area contributed by atoms with Crippen LogP contribution in [0.1, 0.15) is 33.5 Å². The molecule has 0 aliphatic carbocycles. The Bertz CT molecular complexity index is 1670. The van der Waals surface area contributed by atoms with Crippen molar-refractivity contribution in [2.24, 2.45) is 0 Å². The second-order valence-corrected chi connectivity index (χ2v) is 11.2. The molecule has 1 atom stereocenters. The number of aryl methyl sites for hydroxylation is 1. The van der Waals surface area contributed by atoms with Crippen molar-refractivity contribution in [3.05, 3.63) is 130 Å². The van der Waals surface area contributed by atoms with E-state index in [-0.39, 0.29) is 12.1 Å². The van der Waals surface area contributed by atoms with E-state index in [0.717, 1.165) is 34.5 Å². The van der Waals surface area contributed by atoms with Gasteiger partial charge in [0.1, 0.15) is 17.7 Å². The minimum Gasteiger partial charge on any atom is -0.467 e. The quantitative estimate of drug-likeness (QED) is 0.131. The summed E-state index contributed by atoms with van der Waals surface area (Å²) in [4.78, 5) is 31.4. The molecule has 0 aliphatic rings. The molecule has 4 aromatic rings. The van der Waals surface area contributed by atoms with Crippen molar-refractivity contribution in [2.75, 3.05) is 24.0 Å². The lowest BCUT2D eigenvalue weighted by molar-refractivity contribution is -0.142. The summed E-state index contributed by atoms with van der Waals surface area (Å²) < 4.78 is 33.7. The minimum absolute atomic E-state index is 0.0686. The first-order chi connectivity index (χ1) is 21.2. The molecule has 0 bridgehead atoms. The molecule has 0 saturated heterocycles. The number of hydrogen-bond donors (Lipinski definition) is 1. The van der Waals surface area contributed by atoms with Crippen LogP contribution in [-0.2, 0) is 22.6 Å². The molecule has 0 aromatic heterocycles. The molecular formula is C35H33F2N3O3S. The fourth-order valence-corrected chi connectivity index (χ4v) is 5.39. The van der Waals surface area contributed by atoms with Gasteiger partial charge in [-0.05, 0) is 90.1 Å². The van der Waals surface area contributed by atoms with Gasteiger partial charge in [-0.2, -0.15) is 11.8 Å². The van der Waals surface area contributed by atoms with E-state index in [4.69, 9.17) is 11.3 Å². The van der Waals surface area contributed by atoms with Gasteiger partial charge in [0, 0.05) is 29.9 Å². The number of nitrogens with zero attached hydrogens (tertiary/aromatic N) is 2. The Balaban J connectivity index is 1.75. The standard InChI is InChI=1S/C35H33F2N3O3S/c1-23-7-5-6-8-29(23)31-19-24(9-15-30(31)34(41)39-33(17-18-44-4)35(42)43-3)21-40(28-13-11-27(38-2)12-14-28)22-25-20-26(36)10-16-32(25)37/h5-16,19-20,33H,17-18,21-22H2,1,3-4H3,(H,39,41). The van der Waals surface area contributed by atoms with Gasteiger partial charge in [0.2, 0.25) is 0 Å². The first-order valence-electron chi connectivity index (χ1n) is 14.0. The van der Waals surface area contributed by atoms with E-state index in [0.29, 0.717) is 35.5 Å². The number of halogens is 2. The number of benzene rings is 4. The van der Waals surface area contributed by atoms with Crippen molar-refractivity contribution < 1.29 is 23.1 Å². The van der Waals surface area contributed by atoms with Crippen LogP contribution in [0.15, 0.2) is 84.9 Å². The van der Waals surface area contributed by atoms with Crippen LogP contribution in [0.2, 0.25) is 0 Å². The average Bonchev–Trinajstić information content (AvgIpc) is 3.04. The monoisotopic (exact) mass is 613 g/mol. The molecule has 226 valence electrons. The van der Waals surface area contributed by atoms with Crippen LogP contribution in [0.4, 0.5) is 20.2 Å². The topological polar surface area (TPSA) is 63.0 Å². The number of amides is 1. The molecule has 44 heavy (non-hydrogen) atoms. The smallest absolute Gasteiger partial charge is 0.328 e. The maximum atomic E-state index is 14.7. The summed E-state index contributed by atoms with van der Waals surface area (Å²) >= 11 is 1.57. The van der Waals surface area contributed by atoms with Gasteiger partial charge in [-0.15, -0.1) is 0 Å². The van der Waals surface area contributed by atoms with Crippen LogP contribution in [0.25, 0.3) is 16.0 Å². The predicted octanol–water partition coefficient (Wildman–Crippen LogP) is 7.72. The number of esters is 1. The normalized spacial score (nSPS) is 11.4. The summed E-state index contributed by atoms with van der Waals surface area (Å²) in [5.41, 5.74) is 5.06. The summed E-state index contributed by atoms with van der Waals surface area (Å²) in [5, 5.41) is 2.85. The Morgan fingerprint density at radius 1 is 0.977 bits per heavy atom. The van der Waals surface area contributed by atoms with Gasteiger partial charge in [0.15, 0.2) is 5.69 Å². The molecule has 0 aliphatic heterocycles. The number of thioether (sulfide) groups is 1. The largest absolute Gasteiger partial charge is 0.467 e. The molecule has 0 spiro atoms. The third-order valence-electron chi connectivity index (χ3n) is 7.25. The molecule has 0 heterocycles. The zero-order valence-corrected chi connectivity index (χ0v) is 25.6. The third kappa shape index (κ3) is 8.03. The number of nitrogens with one attached hydrogen (secondary N) is 1. The summed E-state index contributed by atoms with van der Waals surface area (Å²) in [5.74, 6) is -1.30. The van der Waals surface area contributed by atoms with Gasteiger partial charge in [-0.25, -0.2) is 18.4 Å². The van der Waals surface area contributed by atoms with E-state index in [2.05, 4.69) is 10.2 Å². The van der Waals surface area contributed by atoms with Gasteiger partial charge in [-0.3, -0.25) is 4.79 Å². The van der Waals surface area contributed by atoms with Gasteiger partial charge < -0.3 is 15.0 Å². The number of carbonyl (C=O) groups is 2. The Labute approximate surface area is 260 Å². The highest BCUT2D eigenvalue weighted by atomic mass is 32.2. The van der Waals surface area contributed by atoms with E-state index in [1.165, 1.54) is 13.2 Å². The van der Waals surface area contributed by atoms with E-state index >= 15 is 0 Å². The highest BCUT2D eigenvalue weighted by molar-refractivity contribution is 7.98. The molecule has 4 rings (SSSR count). The van der Waals surface area contributed by atoms with E-state index in [9.17, 15) is 18.4 Å². The fraction of sp³-hybridized carbons (Fsp3) is 0.229. The lowest BCUT2D eigenvalue weighted by atomic mass is 9.93. The highest BCUT2D eigenvalue weighted by Crippen LogP contribution is 2.31. The minimum atomic E-state index is -0.792. The summed E-state index contributed by atoms with van der Waals surface area (Å²) in [6, 6.07) is 22.6. The van der Waals surface area contributed by atoms with Crippen LogP contribution in [-0.4, -0.2) is 37.0 Å². The Kier molecular flexibility index (Phi) is 11.1. The first kappa shape index (κ1) is 32.2. The molecule has 4 aromatic carbocycles. The number of ether oxygens (including phenoxy) is 1.